The van der Waals surface area contributed by atoms with Gasteiger partial charge in [-0.2, -0.15) is 0 Å². The molecule has 0 unspecified atom stereocenters. The fourth-order valence-corrected chi connectivity index (χ4v) is 2.78. The second-order valence-corrected chi connectivity index (χ2v) is 5.76. The average molecular weight is 326 g/mol. The SMILES string of the molecule is CNc1cccc([C@H]2CN(C(=O)CCc3cccnc3)CCO2)n1. The lowest BCUT2D eigenvalue weighted by molar-refractivity contribution is -0.139. The molecule has 0 bridgehead atoms. The molecule has 2 aromatic rings. The quantitative estimate of drug-likeness (QED) is 0.911. The number of nitrogens with one attached hydrogen (secondary N) is 1. The second-order valence-electron chi connectivity index (χ2n) is 5.76. The lowest BCUT2D eigenvalue weighted by atomic mass is 10.1. The van der Waals surface area contributed by atoms with Crippen LogP contribution in [0.3, 0.4) is 0 Å². The van der Waals surface area contributed by atoms with Crippen molar-refractivity contribution >= 4 is 11.7 Å². The molecule has 1 N–H and O–H groups in total. The lowest BCUT2D eigenvalue weighted by Gasteiger charge is -2.33. The second kappa shape index (κ2) is 7.88. The number of carbonyl (C=O) groups is 1. The standard InChI is InChI=1S/C18H22N4O2/c1-19-17-6-2-5-15(21-17)16-13-22(10-11-24-16)18(23)8-7-14-4-3-9-20-12-14/h2-6,9,12,16H,7-8,10-11,13H2,1H3,(H,19,21)/t16-/m1/s1. The summed E-state index contributed by atoms with van der Waals surface area (Å²) in [4.78, 5) is 23.0. The van der Waals surface area contributed by atoms with Gasteiger partial charge in [-0.15, -0.1) is 0 Å². The summed E-state index contributed by atoms with van der Waals surface area (Å²) in [5, 5.41) is 3.03. The zero-order valence-corrected chi connectivity index (χ0v) is 13.8. The Morgan fingerprint density at radius 3 is 3.08 bits per heavy atom. The number of aryl methyl sites for hydroxylation is 1. The van der Waals surface area contributed by atoms with Gasteiger partial charge in [0.2, 0.25) is 5.91 Å². The molecule has 1 aliphatic rings. The lowest BCUT2D eigenvalue weighted by Crippen LogP contribution is -2.42. The summed E-state index contributed by atoms with van der Waals surface area (Å²) in [7, 11) is 1.84. The number of pyridine rings is 2. The molecule has 1 fully saturated rings. The largest absolute Gasteiger partial charge is 0.373 e. The summed E-state index contributed by atoms with van der Waals surface area (Å²) in [5.74, 6) is 0.952. The van der Waals surface area contributed by atoms with Gasteiger partial charge in [-0.25, -0.2) is 4.98 Å². The third-order valence-electron chi connectivity index (χ3n) is 4.13. The molecule has 1 saturated heterocycles. The van der Waals surface area contributed by atoms with Gasteiger partial charge in [-0.3, -0.25) is 9.78 Å². The van der Waals surface area contributed by atoms with Crippen LogP contribution in [0.4, 0.5) is 5.82 Å². The molecule has 1 atom stereocenters. The van der Waals surface area contributed by atoms with Crippen molar-refractivity contribution in [2.24, 2.45) is 0 Å². The number of nitrogens with zero attached hydrogens (tertiary/aromatic N) is 3. The highest BCUT2D eigenvalue weighted by Gasteiger charge is 2.26. The van der Waals surface area contributed by atoms with Crippen molar-refractivity contribution in [3.8, 4) is 0 Å². The minimum Gasteiger partial charge on any atom is -0.373 e. The number of rotatable bonds is 5. The van der Waals surface area contributed by atoms with E-state index >= 15 is 0 Å². The van der Waals surface area contributed by atoms with Crippen LogP contribution in [0, 0.1) is 0 Å². The van der Waals surface area contributed by atoms with E-state index in [2.05, 4.69) is 15.3 Å². The number of hydrogen-bond acceptors (Lipinski definition) is 5. The normalized spacial score (nSPS) is 17.5. The van der Waals surface area contributed by atoms with E-state index in [-0.39, 0.29) is 12.0 Å². The molecule has 0 spiro atoms. The Kier molecular flexibility index (Phi) is 5.38. The van der Waals surface area contributed by atoms with E-state index in [0.29, 0.717) is 32.5 Å². The van der Waals surface area contributed by atoms with Crippen LogP contribution in [0.2, 0.25) is 0 Å². The van der Waals surface area contributed by atoms with Gasteiger partial charge < -0.3 is 15.0 Å². The number of aromatic nitrogens is 2. The molecule has 2 aromatic heterocycles. The van der Waals surface area contributed by atoms with Crippen LogP contribution < -0.4 is 5.32 Å². The van der Waals surface area contributed by atoms with Crippen LogP contribution in [0.5, 0.6) is 0 Å². The third kappa shape index (κ3) is 4.08. The highest BCUT2D eigenvalue weighted by atomic mass is 16.5. The van der Waals surface area contributed by atoms with E-state index in [1.165, 1.54) is 0 Å². The van der Waals surface area contributed by atoms with E-state index in [0.717, 1.165) is 17.1 Å². The van der Waals surface area contributed by atoms with E-state index < -0.39 is 0 Å². The smallest absolute Gasteiger partial charge is 0.223 e. The molecule has 1 aliphatic heterocycles. The minimum absolute atomic E-state index is 0.150. The van der Waals surface area contributed by atoms with Crippen molar-refractivity contribution < 1.29 is 9.53 Å². The van der Waals surface area contributed by atoms with E-state index in [1.54, 1.807) is 6.20 Å². The van der Waals surface area contributed by atoms with Gasteiger partial charge in [0.15, 0.2) is 0 Å². The molecule has 0 saturated carbocycles. The zero-order valence-electron chi connectivity index (χ0n) is 13.8. The first kappa shape index (κ1) is 16.4. The summed E-state index contributed by atoms with van der Waals surface area (Å²) in [6.45, 7) is 1.72. The number of carbonyl (C=O) groups excluding carboxylic acids is 1. The van der Waals surface area contributed by atoms with E-state index in [1.807, 2.05) is 48.5 Å². The minimum atomic E-state index is -0.172. The fraction of sp³-hybridized carbons (Fsp3) is 0.389. The van der Waals surface area contributed by atoms with Crippen LogP contribution >= 0.6 is 0 Å². The summed E-state index contributed by atoms with van der Waals surface area (Å²) in [5.41, 5.74) is 1.94. The van der Waals surface area contributed by atoms with Crippen LogP contribution in [0.1, 0.15) is 23.8 Å². The highest BCUT2D eigenvalue weighted by molar-refractivity contribution is 5.76. The molecule has 126 valence electrons. The van der Waals surface area contributed by atoms with E-state index in [4.69, 9.17) is 4.74 Å². The molecular weight excluding hydrogens is 304 g/mol. The van der Waals surface area contributed by atoms with Crippen molar-refractivity contribution in [3.63, 3.8) is 0 Å². The molecule has 1 amide bonds. The van der Waals surface area contributed by atoms with Gasteiger partial charge in [0.1, 0.15) is 11.9 Å². The number of hydrogen-bond donors (Lipinski definition) is 1. The molecule has 0 radical (unpaired) electrons. The number of amides is 1. The molecular formula is C18H22N4O2. The zero-order chi connectivity index (χ0) is 16.8. The van der Waals surface area contributed by atoms with Gasteiger partial charge in [0, 0.05) is 32.4 Å². The maximum absolute atomic E-state index is 12.5. The average Bonchev–Trinajstić information content (AvgIpc) is 2.67. The summed E-state index contributed by atoms with van der Waals surface area (Å²) in [6.07, 6.45) is 4.58. The van der Waals surface area contributed by atoms with Crippen LogP contribution in [-0.4, -0.2) is 47.5 Å². The first-order valence-electron chi connectivity index (χ1n) is 8.19. The fourth-order valence-electron chi connectivity index (χ4n) is 2.78. The van der Waals surface area contributed by atoms with E-state index in [9.17, 15) is 4.79 Å². The highest BCUT2D eigenvalue weighted by Crippen LogP contribution is 2.22. The molecule has 3 rings (SSSR count). The summed E-state index contributed by atoms with van der Waals surface area (Å²) < 4.78 is 5.81. The predicted molar refractivity (Wildman–Crippen MR) is 91.6 cm³/mol. The Labute approximate surface area is 141 Å². The van der Waals surface area contributed by atoms with Gasteiger partial charge in [-0.1, -0.05) is 12.1 Å². The van der Waals surface area contributed by atoms with Crippen molar-refractivity contribution in [1.29, 1.82) is 0 Å². The van der Waals surface area contributed by atoms with Crippen molar-refractivity contribution in [2.45, 2.75) is 18.9 Å². The number of anilines is 1. The maximum atomic E-state index is 12.5. The molecule has 6 nitrogen and oxygen atoms in total. The van der Waals surface area contributed by atoms with Crippen LogP contribution in [0.15, 0.2) is 42.7 Å². The van der Waals surface area contributed by atoms with Crippen molar-refractivity contribution in [1.82, 2.24) is 14.9 Å². The number of morpholine rings is 1. The molecule has 0 aliphatic carbocycles. The predicted octanol–water partition coefficient (Wildman–Crippen LogP) is 2.05. The van der Waals surface area contributed by atoms with Crippen LogP contribution in [-0.2, 0) is 16.0 Å². The molecule has 24 heavy (non-hydrogen) atoms. The van der Waals surface area contributed by atoms with Gasteiger partial charge in [0.25, 0.3) is 0 Å². The third-order valence-corrected chi connectivity index (χ3v) is 4.13. The Morgan fingerprint density at radius 1 is 1.38 bits per heavy atom. The first-order valence-corrected chi connectivity index (χ1v) is 8.19. The molecule has 3 heterocycles. The topological polar surface area (TPSA) is 67.4 Å². The monoisotopic (exact) mass is 326 g/mol. The molecule has 6 heteroatoms. The Balaban J connectivity index is 1.59. The van der Waals surface area contributed by atoms with Gasteiger partial charge in [-0.05, 0) is 30.2 Å². The summed E-state index contributed by atoms with van der Waals surface area (Å²) >= 11 is 0. The Morgan fingerprint density at radius 2 is 2.29 bits per heavy atom. The van der Waals surface area contributed by atoms with Gasteiger partial charge >= 0.3 is 0 Å². The molecule has 0 aromatic carbocycles. The van der Waals surface area contributed by atoms with Crippen molar-refractivity contribution in [2.75, 3.05) is 32.1 Å². The first-order chi connectivity index (χ1) is 11.8. The number of ether oxygens (including phenoxy) is 1. The van der Waals surface area contributed by atoms with Crippen LogP contribution in [0.25, 0.3) is 0 Å². The Hall–Kier alpha value is -2.47. The van der Waals surface area contributed by atoms with Gasteiger partial charge in [0.05, 0.1) is 18.8 Å². The Bertz CT molecular complexity index is 678. The van der Waals surface area contributed by atoms with Crippen molar-refractivity contribution in [3.05, 3.63) is 54.0 Å². The summed E-state index contributed by atoms with van der Waals surface area (Å²) in [6, 6.07) is 9.68. The maximum Gasteiger partial charge on any atom is 0.223 e.